The van der Waals surface area contributed by atoms with Crippen LogP contribution in [0, 0.1) is 17.6 Å². The van der Waals surface area contributed by atoms with E-state index in [2.05, 4.69) is 34.7 Å². The summed E-state index contributed by atoms with van der Waals surface area (Å²) in [5.41, 5.74) is 2.78. The number of aromatic amines is 1. The molecule has 1 atom stereocenters. The molecule has 1 aliphatic carbocycles. The summed E-state index contributed by atoms with van der Waals surface area (Å²) in [5, 5.41) is 14.7. The van der Waals surface area contributed by atoms with Crippen molar-refractivity contribution in [2.75, 3.05) is 13.1 Å². The molecule has 39 heavy (non-hydrogen) atoms. The van der Waals surface area contributed by atoms with Crippen molar-refractivity contribution in [3.63, 3.8) is 0 Å². The molecule has 1 saturated heterocycles. The van der Waals surface area contributed by atoms with Gasteiger partial charge in [-0.2, -0.15) is 0 Å². The molecule has 1 aromatic heterocycles. The van der Waals surface area contributed by atoms with Crippen LogP contribution in [0.3, 0.4) is 0 Å². The number of likely N-dealkylation sites (tertiary alicyclic amines) is 1. The fraction of sp³-hybridized carbons (Fsp3) is 0.400. The molecule has 0 bridgehead atoms. The molecular formula is C30H34ClF2N3O3. The predicted octanol–water partition coefficient (Wildman–Crippen LogP) is 5.89. The van der Waals surface area contributed by atoms with Gasteiger partial charge in [0.05, 0.1) is 0 Å². The van der Waals surface area contributed by atoms with Gasteiger partial charge < -0.3 is 20.3 Å². The molecule has 2 heterocycles. The highest BCUT2D eigenvalue weighted by Crippen LogP contribution is 2.37. The number of carbonyl (C=O) groups excluding carboxylic acids is 1. The Morgan fingerprint density at radius 3 is 2.33 bits per heavy atom. The first-order chi connectivity index (χ1) is 18.4. The minimum atomic E-state index is -0.846. The molecule has 1 saturated carbocycles. The number of nitrogens with one attached hydrogen (secondary N) is 2. The van der Waals surface area contributed by atoms with Crippen LogP contribution in [0.1, 0.15) is 55.6 Å². The number of benzene rings is 2. The molecule has 2 fully saturated rings. The molecule has 6 nitrogen and oxygen atoms in total. The molecule has 0 radical (unpaired) electrons. The van der Waals surface area contributed by atoms with E-state index >= 15 is 0 Å². The van der Waals surface area contributed by atoms with Gasteiger partial charge in [0.1, 0.15) is 17.7 Å². The number of aromatic nitrogens is 1. The number of para-hydroxylation sites is 1. The van der Waals surface area contributed by atoms with Crippen LogP contribution in [0.15, 0.2) is 54.7 Å². The van der Waals surface area contributed by atoms with Gasteiger partial charge in [-0.05, 0) is 85.8 Å². The average Bonchev–Trinajstić information content (AvgIpc) is 3.34. The second-order valence-corrected chi connectivity index (χ2v) is 10.5. The third-order valence-electron chi connectivity index (χ3n) is 8.10. The number of fused-ring (bicyclic) bond motifs is 1. The number of rotatable bonds is 7. The average molecular weight is 558 g/mol. The molecule has 0 spiro atoms. The number of nitrogens with zero attached hydrogens (tertiary/aromatic N) is 1. The van der Waals surface area contributed by atoms with Crippen molar-refractivity contribution < 1.29 is 23.5 Å². The van der Waals surface area contributed by atoms with E-state index in [1.165, 1.54) is 23.1 Å². The van der Waals surface area contributed by atoms with E-state index < -0.39 is 23.6 Å². The summed E-state index contributed by atoms with van der Waals surface area (Å²) in [6.07, 6.45) is 9.88. The zero-order valence-corrected chi connectivity index (χ0v) is 22.4. The Kier molecular flexibility index (Phi) is 9.40. The van der Waals surface area contributed by atoms with Gasteiger partial charge >= 0.3 is 5.97 Å². The SMILES string of the molecule is Cl.O=C(O)C(N[C@H]1CC[C@H](c2c[nH]c3ccccc32)CC1)C1CCN(C(=O)C=Cc2cc(F)cc(F)c2)CC1. The number of hydrogen-bond acceptors (Lipinski definition) is 3. The Balaban J connectivity index is 0.00000353. The standard InChI is InChI=1S/C30H33F2N3O3.ClH/c31-22-15-19(16-23(32)17-22)5-10-28(36)35-13-11-21(12-14-35)29(30(37)38)34-24-8-6-20(7-9-24)26-18-33-27-4-2-1-3-25(26)27;/h1-5,10,15-18,20-21,24,29,33-34H,6-9,11-14H2,(H,37,38);1H/t20-,24-,29?;. The minimum Gasteiger partial charge on any atom is -0.480 e. The van der Waals surface area contributed by atoms with E-state index in [9.17, 15) is 23.5 Å². The van der Waals surface area contributed by atoms with Gasteiger partial charge in [0.25, 0.3) is 0 Å². The highest BCUT2D eigenvalue weighted by molar-refractivity contribution is 5.91. The molecule has 9 heteroatoms. The van der Waals surface area contributed by atoms with Crippen molar-refractivity contribution in [3.05, 3.63) is 77.5 Å². The number of carboxylic acids is 1. The second-order valence-electron chi connectivity index (χ2n) is 10.5. The zero-order chi connectivity index (χ0) is 26.6. The first kappa shape index (κ1) is 28.8. The van der Waals surface area contributed by atoms with E-state index in [-0.39, 0.29) is 35.8 Å². The molecule has 3 aromatic rings. The van der Waals surface area contributed by atoms with Gasteiger partial charge in [0.15, 0.2) is 0 Å². The third kappa shape index (κ3) is 6.86. The molecule has 3 N–H and O–H groups in total. The number of piperidine rings is 1. The number of amides is 1. The first-order valence-corrected chi connectivity index (χ1v) is 13.4. The quantitative estimate of drug-likeness (QED) is 0.316. The van der Waals surface area contributed by atoms with Gasteiger partial charge in [-0.25, -0.2) is 8.78 Å². The predicted molar refractivity (Wildman–Crippen MR) is 150 cm³/mol. The van der Waals surface area contributed by atoms with Gasteiger partial charge in [0.2, 0.25) is 5.91 Å². The lowest BCUT2D eigenvalue weighted by Crippen LogP contribution is -2.52. The fourth-order valence-electron chi connectivity index (χ4n) is 6.06. The number of halogens is 3. The van der Waals surface area contributed by atoms with E-state index in [0.717, 1.165) is 49.4 Å². The van der Waals surface area contributed by atoms with E-state index in [4.69, 9.17) is 0 Å². The Morgan fingerprint density at radius 2 is 1.67 bits per heavy atom. The molecule has 2 aliphatic rings. The van der Waals surface area contributed by atoms with Crippen LogP contribution in [0.5, 0.6) is 0 Å². The Bertz CT molecular complexity index is 1310. The highest BCUT2D eigenvalue weighted by Gasteiger charge is 2.35. The van der Waals surface area contributed by atoms with Crippen LogP contribution in [-0.2, 0) is 9.59 Å². The number of H-pyrrole nitrogens is 1. The smallest absolute Gasteiger partial charge is 0.320 e. The van der Waals surface area contributed by atoms with E-state index in [1.54, 1.807) is 4.90 Å². The number of carbonyl (C=O) groups is 2. The van der Waals surface area contributed by atoms with Crippen molar-refractivity contribution in [2.24, 2.45) is 5.92 Å². The maximum Gasteiger partial charge on any atom is 0.320 e. The van der Waals surface area contributed by atoms with Gasteiger partial charge in [-0.1, -0.05) is 18.2 Å². The van der Waals surface area contributed by atoms with Crippen molar-refractivity contribution in [2.45, 2.75) is 56.5 Å². The molecule has 5 rings (SSSR count). The molecular weight excluding hydrogens is 524 g/mol. The maximum absolute atomic E-state index is 13.4. The number of aliphatic carboxylic acids is 1. The van der Waals surface area contributed by atoms with Crippen LogP contribution in [-0.4, -0.2) is 52.0 Å². The Morgan fingerprint density at radius 1 is 1.00 bits per heavy atom. The lowest BCUT2D eigenvalue weighted by atomic mass is 9.80. The molecule has 208 valence electrons. The monoisotopic (exact) mass is 557 g/mol. The maximum atomic E-state index is 13.4. The van der Waals surface area contributed by atoms with Crippen molar-refractivity contribution >= 4 is 41.3 Å². The van der Waals surface area contributed by atoms with Crippen LogP contribution >= 0.6 is 12.4 Å². The van der Waals surface area contributed by atoms with Crippen LogP contribution < -0.4 is 5.32 Å². The lowest BCUT2D eigenvalue weighted by molar-refractivity contribution is -0.142. The van der Waals surface area contributed by atoms with Crippen molar-refractivity contribution in [1.82, 2.24) is 15.2 Å². The highest BCUT2D eigenvalue weighted by atomic mass is 35.5. The third-order valence-corrected chi connectivity index (χ3v) is 8.10. The molecule has 1 amide bonds. The molecule has 2 aromatic carbocycles. The topological polar surface area (TPSA) is 85.4 Å². The number of hydrogen-bond donors (Lipinski definition) is 3. The Labute approximate surface area is 232 Å². The summed E-state index contributed by atoms with van der Waals surface area (Å²) < 4.78 is 26.7. The van der Waals surface area contributed by atoms with Crippen LogP contribution in [0.25, 0.3) is 17.0 Å². The molecule has 1 aliphatic heterocycles. The van der Waals surface area contributed by atoms with Gasteiger partial charge in [-0.15, -0.1) is 12.4 Å². The largest absolute Gasteiger partial charge is 0.480 e. The second kappa shape index (κ2) is 12.7. The summed E-state index contributed by atoms with van der Waals surface area (Å²) in [5.74, 6) is -2.08. The molecule has 1 unspecified atom stereocenters. The summed E-state index contributed by atoms with van der Waals surface area (Å²) >= 11 is 0. The zero-order valence-electron chi connectivity index (χ0n) is 21.6. The van der Waals surface area contributed by atoms with Gasteiger partial charge in [0, 0.05) is 48.4 Å². The van der Waals surface area contributed by atoms with E-state index in [0.29, 0.717) is 31.8 Å². The minimum absolute atomic E-state index is 0. The lowest BCUT2D eigenvalue weighted by Gasteiger charge is -2.37. The van der Waals surface area contributed by atoms with E-state index in [1.807, 2.05) is 6.07 Å². The van der Waals surface area contributed by atoms with Crippen molar-refractivity contribution in [3.8, 4) is 0 Å². The first-order valence-electron chi connectivity index (χ1n) is 13.4. The van der Waals surface area contributed by atoms with Crippen LogP contribution in [0.4, 0.5) is 8.78 Å². The van der Waals surface area contributed by atoms with Gasteiger partial charge in [-0.3, -0.25) is 9.59 Å². The van der Waals surface area contributed by atoms with Crippen molar-refractivity contribution in [1.29, 1.82) is 0 Å². The Hall–Kier alpha value is -3.23. The fourth-order valence-corrected chi connectivity index (χ4v) is 6.06. The summed E-state index contributed by atoms with van der Waals surface area (Å²) in [4.78, 5) is 29.8. The normalized spacial score (nSPS) is 21.1. The summed E-state index contributed by atoms with van der Waals surface area (Å²) in [6.45, 7) is 0.897. The van der Waals surface area contributed by atoms with Crippen LogP contribution in [0.2, 0.25) is 0 Å². The summed E-state index contributed by atoms with van der Waals surface area (Å²) in [6, 6.07) is 11.0. The summed E-state index contributed by atoms with van der Waals surface area (Å²) in [7, 11) is 0. The number of carboxylic acid groups (broad SMARTS) is 1.